The predicted molar refractivity (Wildman–Crippen MR) is 34.7 cm³/mol. The van der Waals surface area contributed by atoms with Gasteiger partial charge in [-0.05, 0) is 19.3 Å². The Labute approximate surface area is 60.2 Å². The molecule has 0 aliphatic carbocycles. The van der Waals surface area contributed by atoms with Gasteiger partial charge in [-0.3, -0.25) is 0 Å². The van der Waals surface area contributed by atoms with Gasteiger partial charge in [0.05, 0.1) is 6.61 Å². The van der Waals surface area contributed by atoms with Gasteiger partial charge in [0.25, 0.3) is 0 Å². The van der Waals surface area contributed by atoms with Crippen molar-refractivity contribution in [2.24, 2.45) is 0 Å². The number of aliphatic hydroxyl groups excluding tert-OH is 1. The van der Waals surface area contributed by atoms with Gasteiger partial charge in [0.1, 0.15) is 6.73 Å². The van der Waals surface area contributed by atoms with Crippen LogP contribution in [0.1, 0.15) is 19.3 Å². The van der Waals surface area contributed by atoms with Gasteiger partial charge < -0.3 is 5.11 Å². The van der Waals surface area contributed by atoms with Crippen LogP contribution in [0, 0.1) is 0 Å². The van der Waals surface area contributed by atoms with E-state index in [9.17, 15) is 0 Å². The zero-order valence-electron chi connectivity index (χ0n) is 5.95. The number of aliphatic hydroxyl groups is 1. The minimum Gasteiger partial charge on any atom is -0.379 e. The zero-order chi connectivity index (χ0) is 7.23. The molecule has 1 heterocycles. The fourth-order valence-corrected chi connectivity index (χ4v) is 0.869. The molecule has 4 nitrogen and oxygen atoms in total. The van der Waals surface area contributed by atoms with Crippen LogP contribution in [0.2, 0.25) is 0 Å². The van der Waals surface area contributed by atoms with Crippen LogP contribution in [-0.2, 0) is 9.88 Å². The molecule has 0 aromatic rings. The molecule has 0 radical (unpaired) electrons. The Hall–Kier alpha value is -0.160. The quantitative estimate of drug-likeness (QED) is 0.541. The maximum absolute atomic E-state index is 8.63. The highest BCUT2D eigenvalue weighted by molar-refractivity contribution is 4.44. The lowest BCUT2D eigenvalue weighted by atomic mass is 10.2. The minimum absolute atomic E-state index is 0.0972. The van der Waals surface area contributed by atoms with E-state index in [0.717, 1.165) is 25.8 Å². The molecule has 1 saturated heterocycles. The number of rotatable bonds is 1. The summed E-state index contributed by atoms with van der Waals surface area (Å²) < 4.78 is 0. The average Bonchev–Trinajstić information content (AvgIpc) is 1.87. The van der Waals surface area contributed by atoms with E-state index in [-0.39, 0.29) is 6.73 Å². The third kappa shape index (κ3) is 2.62. The zero-order valence-corrected chi connectivity index (χ0v) is 5.95. The Bertz CT molecular complexity index is 81.1. The number of hydrogen-bond acceptors (Lipinski definition) is 4. The molecule has 1 aliphatic heterocycles. The fraction of sp³-hybridized carbons (Fsp3) is 1.00. The largest absolute Gasteiger partial charge is 0.379 e. The standard InChI is InChI=1S/C6H13NO3/c8-6-7-4-2-1-3-5-9-10-7/h8H,1-6H2. The highest BCUT2D eigenvalue weighted by atomic mass is 17.3. The van der Waals surface area contributed by atoms with E-state index in [4.69, 9.17) is 15.0 Å². The molecule has 10 heavy (non-hydrogen) atoms. The van der Waals surface area contributed by atoms with Gasteiger partial charge in [-0.2, -0.15) is 0 Å². The molecule has 1 N–H and O–H groups in total. The second-order valence-corrected chi connectivity index (χ2v) is 2.30. The lowest BCUT2D eigenvalue weighted by molar-refractivity contribution is -0.440. The van der Waals surface area contributed by atoms with Crippen molar-refractivity contribution in [2.45, 2.75) is 19.3 Å². The monoisotopic (exact) mass is 147 g/mol. The smallest absolute Gasteiger partial charge is 0.122 e. The highest BCUT2D eigenvalue weighted by Gasteiger charge is 2.06. The summed E-state index contributed by atoms with van der Waals surface area (Å²) in [6.45, 7) is 1.27. The molecule has 1 aliphatic rings. The SMILES string of the molecule is OCN1CCCCCOO1. The van der Waals surface area contributed by atoms with Gasteiger partial charge in [0.2, 0.25) is 0 Å². The maximum atomic E-state index is 8.63. The lowest BCUT2D eigenvalue weighted by Crippen LogP contribution is -2.28. The van der Waals surface area contributed by atoms with E-state index in [1.165, 1.54) is 5.06 Å². The average molecular weight is 147 g/mol. The first-order valence-corrected chi connectivity index (χ1v) is 3.59. The Morgan fingerprint density at radius 1 is 1.30 bits per heavy atom. The van der Waals surface area contributed by atoms with Crippen LogP contribution in [0.5, 0.6) is 0 Å². The molecule has 60 valence electrons. The Balaban J connectivity index is 2.16. The molecule has 0 spiro atoms. The summed E-state index contributed by atoms with van der Waals surface area (Å²) in [6.07, 6.45) is 3.24. The normalized spacial score (nSPS) is 23.7. The molecule has 0 saturated carbocycles. The van der Waals surface area contributed by atoms with Crippen molar-refractivity contribution in [1.29, 1.82) is 0 Å². The van der Waals surface area contributed by atoms with Gasteiger partial charge in [-0.15, -0.1) is 10.1 Å². The van der Waals surface area contributed by atoms with Crippen LogP contribution >= 0.6 is 0 Å². The molecule has 0 amide bonds. The van der Waals surface area contributed by atoms with Crippen molar-refractivity contribution < 1.29 is 15.0 Å². The minimum atomic E-state index is -0.0972. The molecule has 0 unspecified atom stereocenters. The topological polar surface area (TPSA) is 41.9 Å². The molecule has 1 fully saturated rings. The maximum Gasteiger partial charge on any atom is 0.122 e. The molecule has 0 aromatic heterocycles. The van der Waals surface area contributed by atoms with Crippen molar-refractivity contribution in [1.82, 2.24) is 5.06 Å². The third-order valence-corrected chi connectivity index (χ3v) is 1.45. The van der Waals surface area contributed by atoms with Crippen molar-refractivity contribution in [3.63, 3.8) is 0 Å². The second kappa shape index (κ2) is 4.62. The van der Waals surface area contributed by atoms with E-state index in [1.807, 2.05) is 0 Å². The summed E-state index contributed by atoms with van der Waals surface area (Å²) in [5.41, 5.74) is 0. The highest BCUT2D eigenvalue weighted by Crippen LogP contribution is 2.04. The van der Waals surface area contributed by atoms with Crippen LogP contribution in [-0.4, -0.2) is 30.1 Å². The summed E-state index contributed by atoms with van der Waals surface area (Å²) in [4.78, 5) is 9.46. The van der Waals surface area contributed by atoms with Gasteiger partial charge >= 0.3 is 0 Å². The summed E-state index contributed by atoms with van der Waals surface area (Å²) in [7, 11) is 0. The molecule has 0 aromatic carbocycles. The molecule has 0 atom stereocenters. The van der Waals surface area contributed by atoms with Crippen molar-refractivity contribution in [3.8, 4) is 0 Å². The molecular formula is C6H13NO3. The Morgan fingerprint density at radius 2 is 2.20 bits per heavy atom. The van der Waals surface area contributed by atoms with Gasteiger partial charge in [-0.25, -0.2) is 4.89 Å². The predicted octanol–water partition coefficient (Wildman–Crippen LogP) is 0.285. The number of hydroxylamine groups is 2. The third-order valence-electron chi connectivity index (χ3n) is 1.45. The van der Waals surface area contributed by atoms with Crippen molar-refractivity contribution in [3.05, 3.63) is 0 Å². The second-order valence-electron chi connectivity index (χ2n) is 2.30. The first-order chi connectivity index (χ1) is 4.93. The van der Waals surface area contributed by atoms with Gasteiger partial charge in [0, 0.05) is 6.54 Å². The van der Waals surface area contributed by atoms with Crippen molar-refractivity contribution >= 4 is 0 Å². The van der Waals surface area contributed by atoms with E-state index < -0.39 is 0 Å². The van der Waals surface area contributed by atoms with E-state index >= 15 is 0 Å². The lowest BCUT2D eigenvalue weighted by Gasteiger charge is -2.19. The summed E-state index contributed by atoms with van der Waals surface area (Å²) in [5.74, 6) is 0. The molecule has 4 heteroatoms. The van der Waals surface area contributed by atoms with Crippen LogP contribution in [0.15, 0.2) is 0 Å². The van der Waals surface area contributed by atoms with Crippen molar-refractivity contribution in [2.75, 3.05) is 19.9 Å². The van der Waals surface area contributed by atoms with Gasteiger partial charge in [0.15, 0.2) is 0 Å². The molecule has 1 rings (SSSR count). The van der Waals surface area contributed by atoms with Crippen LogP contribution < -0.4 is 0 Å². The molecular weight excluding hydrogens is 134 g/mol. The molecule has 0 bridgehead atoms. The first-order valence-electron chi connectivity index (χ1n) is 3.59. The van der Waals surface area contributed by atoms with E-state index in [2.05, 4.69) is 0 Å². The van der Waals surface area contributed by atoms with E-state index in [0.29, 0.717) is 6.61 Å². The Morgan fingerprint density at radius 3 is 3.00 bits per heavy atom. The number of nitrogens with zero attached hydrogens (tertiary/aromatic N) is 1. The van der Waals surface area contributed by atoms with Crippen LogP contribution in [0.25, 0.3) is 0 Å². The first kappa shape index (κ1) is 7.94. The number of hydrogen-bond donors (Lipinski definition) is 1. The Kier molecular flexibility index (Phi) is 3.67. The summed E-state index contributed by atoms with van der Waals surface area (Å²) in [6, 6.07) is 0. The van der Waals surface area contributed by atoms with Crippen LogP contribution in [0.4, 0.5) is 0 Å². The summed E-state index contributed by atoms with van der Waals surface area (Å²) in [5, 5.41) is 10.0. The van der Waals surface area contributed by atoms with E-state index in [1.54, 1.807) is 0 Å². The van der Waals surface area contributed by atoms with Crippen LogP contribution in [0.3, 0.4) is 0 Å². The fourth-order valence-electron chi connectivity index (χ4n) is 0.869. The van der Waals surface area contributed by atoms with Gasteiger partial charge in [-0.1, -0.05) is 0 Å². The summed E-state index contributed by atoms with van der Waals surface area (Å²) >= 11 is 0.